The highest BCUT2D eigenvalue weighted by Crippen LogP contribution is 2.26. The molecule has 0 aliphatic heterocycles. The van der Waals surface area contributed by atoms with E-state index in [0.717, 1.165) is 11.1 Å². The topological polar surface area (TPSA) is 63.5 Å². The van der Waals surface area contributed by atoms with Gasteiger partial charge in [-0.25, -0.2) is 4.98 Å². The quantitative estimate of drug-likeness (QED) is 0.557. The number of nitrogens with zero attached hydrogens (tertiary/aromatic N) is 2. The van der Waals surface area contributed by atoms with Crippen molar-refractivity contribution in [3.05, 3.63) is 74.0 Å². The van der Waals surface area contributed by atoms with E-state index in [1.165, 1.54) is 15.7 Å². The molecule has 0 aliphatic carbocycles. The van der Waals surface area contributed by atoms with Crippen LogP contribution in [0.15, 0.2) is 47.4 Å². The standard InChI is InChI=1S/C19H14ClN3O2S/c1-10-5-4-8-23-16(10)22-18-12(19(23)25)9-15(26-18)17(24)21-14-7-3-6-13(20)11(14)2/h3-9H,1-2H3,(H,21,24). The van der Waals surface area contributed by atoms with Crippen molar-refractivity contribution >= 4 is 50.4 Å². The van der Waals surface area contributed by atoms with Crippen molar-refractivity contribution in [1.29, 1.82) is 0 Å². The van der Waals surface area contributed by atoms with E-state index >= 15 is 0 Å². The number of amides is 1. The zero-order valence-corrected chi connectivity index (χ0v) is 15.6. The van der Waals surface area contributed by atoms with Crippen molar-refractivity contribution in [2.75, 3.05) is 5.32 Å². The van der Waals surface area contributed by atoms with Crippen LogP contribution in [0.3, 0.4) is 0 Å². The van der Waals surface area contributed by atoms with E-state index in [0.29, 0.717) is 31.5 Å². The Kier molecular flexibility index (Phi) is 4.01. The minimum absolute atomic E-state index is 0.178. The number of fused-ring (bicyclic) bond motifs is 2. The molecule has 130 valence electrons. The lowest BCUT2D eigenvalue weighted by molar-refractivity contribution is 0.103. The lowest BCUT2D eigenvalue weighted by Crippen LogP contribution is -2.14. The van der Waals surface area contributed by atoms with Crippen LogP contribution in [0.2, 0.25) is 5.02 Å². The Bertz CT molecular complexity index is 1240. The van der Waals surface area contributed by atoms with E-state index in [4.69, 9.17) is 11.6 Å². The number of anilines is 1. The molecule has 0 unspecified atom stereocenters. The molecule has 0 radical (unpaired) electrons. The summed E-state index contributed by atoms with van der Waals surface area (Å²) in [5.41, 5.74) is 2.77. The number of rotatable bonds is 2. The van der Waals surface area contributed by atoms with E-state index in [2.05, 4.69) is 10.3 Å². The fourth-order valence-corrected chi connectivity index (χ4v) is 3.89. The number of thiophene rings is 1. The predicted octanol–water partition coefficient (Wildman–Crippen LogP) is 4.43. The van der Waals surface area contributed by atoms with Crippen LogP contribution in [0, 0.1) is 13.8 Å². The first kappa shape index (κ1) is 16.8. The van der Waals surface area contributed by atoms with Crippen LogP contribution in [0.4, 0.5) is 5.69 Å². The molecule has 0 spiro atoms. The second kappa shape index (κ2) is 6.23. The molecule has 0 saturated heterocycles. The summed E-state index contributed by atoms with van der Waals surface area (Å²) in [6, 6.07) is 10.6. The highest BCUT2D eigenvalue weighted by atomic mass is 35.5. The van der Waals surface area contributed by atoms with Gasteiger partial charge < -0.3 is 5.32 Å². The molecular formula is C19H14ClN3O2S. The van der Waals surface area contributed by atoms with E-state index < -0.39 is 0 Å². The van der Waals surface area contributed by atoms with Gasteiger partial charge in [0.1, 0.15) is 10.5 Å². The Balaban J connectivity index is 1.80. The summed E-state index contributed by atoms with van der Waals surface area (Å²) in [6.07, 6.45) is 1.68. The summed E-state index contributed by atoms with van der Waals surface area (Å²) < 4.78 is 1.51. The van der Waals surface area contributed by atoms with Crippen molar-refractivity contribution in [2.45, 2.75) is 13.8 Å². The number of aromatic nitrogens is 2. The third-order valence-electron chi connectivity index (χ3n) is 4.27. The number of carbonyl (C=O) groups is 1. The molecule has 0 bridgehead atoms. The van der Waals surface area contributed by atoms with E-state index in [-0.39, 0.29) is 11.5 Å². The van der Waals surface area contributed by atoms with Crippen LogP contribution in [-0.2, 0) is 0 Å². The number of nitrogens with one attached hydrogen (secondary N) is 1. The summed E-state index contributed by atoms with van der Waals surface area (Å²) in [7, 11) is 0. The average Bonchev–Trinajstić information content (AvgIpc) is 3.05. The number of hydrogen-bond acceptors (Lipinski definition) is 4. The van der Waals surface area contributed by atoms with Crippen molar-refractivity contribution < 1.29 is 4.79 Å². The first-order valence-electron chi connectivity index (χ1n) is 7.93. The van der Waals surface area contributed by atoms with Gasteiger partial charge in [0.05, 0.1) is 10.3 Å². The van der Waals surface area contributed by atoms with Gasteiger partial charge in [-0.1, -0.05) is 23.7 Å². The minimum atomic E-state index is -0.288. The third-order valence-corrected chi connectivity index (χ3v) is 5.71. The summed E-state index contributed by atoms with van der Waals surface area (Å²) in [4.78, 5) is 30.9. The maximum absolute atomic E-state index is 12.7. The van der Waals surface area contributed by atoms with Gasteiger partial charge in [0.15, 0.2) is 0 Å². The number of halogens is 1. The smallest absolute Gasteiger partial charge is 0.266 e. The lowest BCUT2D eigenvalue weighted by atomic mass is 10.2. The van der Waals surface area contributed by atoms with Gasteiger partial charge in [0.2, 0.25) is 0 Å². The van der Waals surface area contributed by atoms with Crippen molar-refractivity contribution in [3.8, 4) is 0 Å². The number of hydrogen-bond donors (Lipinski definition) is 1. The maximum atomic E-state index is 12.7. The molecule has 3 aromatic heterocycles. The molecule has 1 N–H and O–H groups in total. The number of benzene rings is 1. The molecule has 1 amide bonds. The Labute approximate surface area is 157 Å². The molecule has 26 heavy (non-hydrogen) atoms. The Morgan fingerprint density at radius 3 is 2.85 bits per heavy atom. The van der Waals surface area contributed by atoms with Crippen LogP contribution in [-0.4, -0.2) is 15.3 Å². The summed E-state index contributed by atoms with van der Waals surface area (Å²) in [5, 5.41) is 3.87. The fraction of sp³-hybridized carbons (Fsp3) is 0.105. The van der Waals surface area contributed by atoms with Crippen LogP contribution in [0.1, 0.15) is 20.8 Å². The van der Waals surface area contributed by atoms with Gasteiger partial charge in [-0.2, -0.15) is 0 Å². The summed E-state index contributed by atoms with van der Waals surface area (Å²) in [5.74, 6) is -0.288. The molecule has 4 rings (SSSR count). The predicted molar refractivity (Wildman–Crippen MR) is 106 cm³/mol. The lowest BCUT2D eigenvalue weighted by Gasteiger charge is -2.08. The van der Waals surface area contributed by atoms with Gasteiger partial charge in [0.25, 0.3) is 11.5 Å². The van der Waals surface area contributed by atoms with Gasteiger partial charge in [-0.3, -0.25) is 14.0 Å². The highest BCUT2D eigenvalue weighted by Gasteiger charge is 2.16. The van der Waals surface area contributed by atoms with Gasteiger partial charge >= 0.3 is 0 Å². The third kappa shape index (κ3) is 2.67. The molecule has 3 heterocycles. The van der Waals surface area contributed by atoms with Crippen LogP contribution in [0.25, 0.3) is 15.9 Å². The molecule has 0 saturated carbocycles. The second-order valence-electron chi connectivity index (χ2n) is 6.00. The van der Waals surface area contributed by atoms with Gasteiger partial charge in [0, 0.05) is 16.9 Å². The first-order chi connectivity index (χ1) is 12.5. The zero-order chi connectivity index (χ0) is 18.4. The largest absolute Gasteiger partial charge is 0.321 e. The molecule has 0 aliphatic rings. The van der Waals surface area contributed by atoms with Gasteiger partial charge in [-0.05, 0) is 49.2 Å². The summed E-state index contributed by atoms with van der Waals surface area (Å²) in [6.45, 7) is 3.74. The SMILES string of the molecule is Cc1c(Cl)cccc1NC(=O)c1cc2c(=O)n3cccc(C)c3nc2s1. The fourth-order valence-electron chi connectivity index (χ4n) is 2.80. The van der Waals surface area contributed by atoms with Crippen LogP contribution < -0.4 is 10.9 Å². The van der Waals surface area contributed by atoms with Crippen molar-refractivity contribution in [2.24, 2.45) is 0 Å². The molecule has 0 atom stereocenters. The minimum Gasteiger partial charge on any atom is -0.321 e. The Morgan fingerprint density at radius 2 is 2.04 bits per heavy atom. The molecule has 4 aromatic rings. The van der Waals surface area contributed by atoms with Crippen molar-refractivity contribution in [1.82, 2.24) is 9.38 Å². The first-order valence-corrected chi connectivity index (χ1v) is 9.13. The zero-order valence-electron chi connectivity index (χ0n) is 14.0. The number of carbonyl (C=O) groups excluding carboxylic acids is 1. The molecule has 5 nitrogen and oxygen atoms in total. The maximum Gasteiger partial charge on any atom is 0.266 e. The van der Waals surface area contributed by atoms with Crippen LogP contribution >= 0.6 is 22.9 Å². The second-order valence-corrected chi connectivity index (χ2v) is 7.44. The van der Waals surface area contributed by atoms with Crippen LogP contribution in [0.5, 0.6) is 0 Å². The molecular weight excluding hydrogens is 370 g/mol. The van der Waals surface area contributed by atoms with Gasteiger partial charge in [-0.15, -0.1) is 11.3 Å². The van der Waals surface area contributed by atoms with E-state index in [9.17, 15) is 9.59 Å². The van der Waals surface area contributed by atoms with Crippen molar-refractivity contribution in [3.63, 3.8) is 0 Å². The molecule has 1 aromatic carbocycles. The Morgan fingerprint density at radius 1 is 1.23 bits per heavy atom. The molecule has 7 heteroatoms. The molecule has 0 fully saturated rings. The number of pyridine rings is 1. The average molecular weight is 384 g/mol. The number of aryl methyl sites for hydroxylation is 1. The van der Waals surface area contributed by atoms with E-state index in [1.54, 1.807) is 36.5 Å². The highest BCUT2D eigenvalue weighted by molar-refractivity contribution is 7.20. The van der Waals surface area contributed by atoms with E-state index in [1.807, 2.05) is 19.9 Å². The normalized spacial score (nSPS) is 11.2. The summed E-state index contributed by atoms with van der Waals surface area (Å²) >= 11 is 7.30. The monoisotopic (exact) mass is 383 g/mol. The Hall–Kier alpha value is -2.70.